The Hall–Kier alpha value is -4.63. The standard InChI is InChI=1S/C31H25ClFN5O3/c1-18-12-20-9-11-37(28(20)35-16-18)30(40)23-7-5-19(13-25(23)33)17-38-27(15-22-4-2-3-10-34-22)29(39)36-26-14-21(32)6-8-24(26)31(38)41/h2-8,10,12-14,16,27H,9,11,15,17H2,1H3,(H,36,39)/t27-/m1/s1. The number of nitrogens with zero attached hydrogens (tertiary/aromatic N) is 4. The first-order valence-electron chi connectivity index (χ1n) is 13.2. The van der Waals surface area contributed by atoms with E-state index in [1.54, 1.807) is 48.8 Å². The number of carbonyl (C=O) groups is 3. The van der Waals surface area contributed by atoms with Crippen LogP contribution in [0.5, 0.6) is 0 Å². The van der Waals surface area contributed by atoms with Crippen molar-refractivity contribution in [1.82, 2.24) is 14.9 Å². The first-order chi connectivity index (χ1) is 19.8. The highest BCUT2D eigenvalue weighted by molar-refractivity contribution is 6.31. The lowest BCUT2D eigenvalue weighted by Gasteiger charge is -2.29. The quantitative estimate of drug-likeness (QED) is 0.365. The Morgan fingerprint density at radius 3 is 2.73 bits per heavy atom. The van der Waals surface area contributed by atoms with Gasteiger partial charge in [-0.15, -0.1) is 0 Å². The molecule has 4 heterocycles. The monoisotopic (exact) mass is 569 g/mol. The Kier molecular flexibility index (Phi) is 6.96. The zero-order valence-corrected chi connectivity index (χ0v) is 22.9. The van der Waals surface area contributed by atoms with Gasteiger partial charge in [0.15, 0.2) is 0 Å². The maximum Gasteiger partial charge on any atom is 0.262 e. The van der Waals surface area contributed by atoms with E-state index in [0.29, 0.717) is 40.8 Å². The van der Waals surface area contributed by atoms with E-state index in [4.69, 9.17) is 11.6 Å². The topological polar surface area (TPSA) is 95.5 Å². The first-order valence-corrected chi connectivity index (χ1v) is 13.5. The molecule has 0 aliphatic carbocycles. The second-order valence-electron chi connectivity index (χ2n) is 10.2. The van der Waals surface area contributed by atoms with Crippen LogP contribution in [0.4, 0.5) is 15.9 Å². The molecule has 0 spiro atoms. The Bertz CT molecular complexity index is 1700. The Balaban J connectivity index is 1.31. The first kappa shape index (κ1) is 26.6. The van der Waals surface area contributed by atoms with Crippen LogP contribution < -0.4 is 10.2 Å². The van der Waals surface area contributed by atoms with Gasteiger partial charge in [-0.05, 0) is 72.5 Å². The van der Waals surface area contributed by atoms with Gasteiger partial charge < -0.3 is 10.2 Å². The predicted molar refractivity (Wildman–Crippen MR) is 152 cm³/mol. The van der Waals surface area contributed by atoms with Gasteiger partial charge in [0, 0.05) is 42.6 Å². The van der Waals surface area contributed by atoms with Crippen molar-refractivity contribution in [1.29, 1.82) is 0 Å². The molecule has 6 rings (SSSR count). The summed E-state index contributed by atoms with van der Waals surface area (Å²) in [6.07, 6.45) is 4.11. The number of amides is 3. The van der Waals surface area contributed by atoms with Gasteiger partial charge in [-0.2, -0.15) is 0 Å². The van der Waals surface area contributed by atoms with E-state index in [9.17, 15) is 14.4 Å². The largest absolute Gasteiger partial charge is 0.323 e. The Morgan fingerprint density at radius 2 is 1.95 bits per heavy atom. The van der Waals surface area contributed by atoms with E-state index in [2.05, 4.69) is 15.3 Å². The van der Waals surface area contributed by atoms with Crippen LogP contribution in [0.1, 0.15) is 43.1 Å². The van der Waals surface area contributed by atoms with E-state index in [-0.39, 0.29) is 24.1 Å². The molecule has 2 aromatic heterocycles. The lowest BCUT2D eigenvalue weighted by atomic mass is 10.0. The second kappa shape index (κ2) is 10.7. The van der Waals surface area contributed by atoms with Crippen molar-refractivity contribution < 1.29 is 18.8 Å². The van der Waals surface area contributed by atoms with Crippen molar-refractivity contribution in [3.05, 3.63) is 117 Å². The molecule has 206 valence electrons. The summed E-state index contributed by atoms with van der Waals surface area (Å²) >= 11 is 6.13. The third-order valence-electron chi connectivity index (χ3n) is 7.34. The number of benzene rings is 2. The molecule has 0 radical (unpaired) electrons. The Morgan fingerprint density at radius 1 is 1.10 bits per heavy atom. The van der Waals surface area contributed by atoms with E-state index in [0.717, 1.165) is 11.1 Å². The fraction of sp³-hybridized carbons (Fsp3) is 0.194. The van der Waals surface area contributed by atoms with E-state index >= 15 is 4.39 Å². The van der Waals surface area contributed by atoms with Gasteiger partial charge in [0.25, 0.3) is 11.8 Å². The highest BCUT2D eigenvalue weighted by Crippen LogP contribution is 2.30. The Labute approximate surface area is 240 Å². The second-order valence-corrected chi connectivity index (χ2v) is 10.6. The smallest absolute Gasteiger partial charge is 0.262 e. The van der Waals surface area contributed by atoms with Crippen molar-refractivity contribution in [3.63, 3.8) is 0 Å². The number of hydrogen-bond donors (Lipinski definition) is 1. The van der Waals surface area contributed by atoms with Crippen LogP contribution in [0, 0.1) is 12.7 Å². The zero-order valence-electron chi connectivity index (χ0n) is 22.1. The van der Waals surface area contributed by atoms with Gasteiger partial charge in [0.1, 0.15) is 17.7 Å². The molecule has 0 saturated heterocycles. The summed E-state index contributed by atoms with van der Waals surface area (Å²) in [5.74, 6) is -1.47. The molecule has 10 heteroatoms. The lowest BCUT2D eigenvalue weighted by molar-refractivity contribution is -0.120. The molecular formula is C31H25ClFN5O3. The molecule has 41 heavy (non-hydrogen) atoms. The predicted octanol–water partition coefficient (Wildman–Crippen LogP) is 4.99. The minimum absolute atomic E-state index is 0.0649. The van der Waals surface area contributed by atoms with Gasteiger partial charge in [-0.3, -0.25) is 24.3 Å². The fourth-order valence-corrected chi connectivity index (χ4v) is 5.49. The molecule has 8 nitrogen and oxygen atoms in total. The molecule has 2 aliphatic heterocycles. The molecule has 1 N–H and O–H groups in total. The highest BCUT2D eigenvalue weighted by Gasteiger charge is 2.36. The molecule has 4 aromatic rings. The normalized spacial score (nSPS) is 16.2. The average Bonchev–Trinajstić information content (AvgIpc) is 3.34. The van der Waals surface area contributed by atoms with Crippen LogP contribution in [-0.2, 0) is 24.2 Å². The van der Waals surface area contributed by atoms with Gasteiger partial charge in [0.05, 0.1) is 16.8 Å². The summed E-state index contributed by atoms with van der Waals surface area (Å²) in [7, 11) is 0. The van der Waals surface area contributed by atoms with Crippen LogP contribution in [0.15, 0.2) is 73.1 Å². The SMILES string of the molecule is Cc1cnc2c(c1)CCN2C(=O)c1ccc(CN2C(=O)c3ccc(Cl)cc3NC(=O)[C@H]2Cc2ccccn2)cc1F. The summed E-state index contributed by atoms with van der Waals surface area (Å²) in [5.41, 5.74) is 3.49. The van der Waals surface area contributed by atoms with Gasteiger partial charge in [0.2, 0.25) is 5.91 Å². The average molecular weight is 570 g/mol. The van der Waals surface area contributed by atoms with E-state index < -0.39 is 29.6 Å². The number of pyridine rings is 2. The van der Waals surface area contributed by atoms with Gasteiger partial charge >= 0.3 is 0 Å². The molecule has 2 aromatic carbocycles. The van der Waals surface area contributed by atoms with Crippen molar-refractivity contribution in [2.45, 2.75) is 32.4 Å². The summed E-state index contributed by atoms with van der Waals surface area (Å²) in [6.45, 7) is 2.29. The number of hydrogen-bond acceptors (Lipinski definition) is 5. The number of carbonyl (C=O) groups excluding carboxylic acids is 3. The van der Waals surface area contributed by atoms with Crippen LogP contribution in [0.25, 0.3) is 0 Å². The summed E-state index contributed by atoms with van der Waals surface area (Å²) < 4.78 is 15.5. The molecule has 0 fully saturated rings. The van der Waals surface area contributed by atoms with Crippen LogP contribution in [0.3, 0.4) is 0 Å². The minimum atomic E-state index is -0.927. The lowest BCUT2D eigenvalue weighted by Crippen LogP contribution is -2.46. The maximum atomic E-state index is 15.5. The highest BCUT2D eigenvalue weighted by atomic mass is 35.5. The van der Waals surface area contributed by atoms with Crippen molar-refractivity contribution >= 4 is 40.8 Å². The molecule has 0 saturated carbocycles. The molecule has 0 unspecified atom stereocenters. The summed E-state index contributed by atoms with van der Waals surface area (Å²) in [6, 6.07) is 15.3. The van der Waals surface area contributed by atoms with E-state index in [1.165, 1.54) is 28.0 Å². The van der Waals surface area contributed by atoms with Crippen LogP contribution in [-0.4, -0.2) is 45.2 Å². The minimum Gasteiger partial charge on any atom is -0.323 e. The summed E-state index contributed by atoms with van der Waals surface area (Å²) in [5, 5.41) is 3.19. The van der Waals surface area contributed by atoms with Crippen molar-refractivity contribution in [2.75, 3.05) is 16.8 Å². The number of fused-ring (bicyclic) bond motifs is 2. The number of rotatable bonds is 5. The maximum absolute atomic E-state index is 15.5. The number of anilines is 2. The molecule has 1 atom stereocenters. The third-order valence-corrected chi connectivity index (χ3v) is 7.58. The van der Waals surface area contributed by atoms with Crippen LogP contribution >= 0.6 is 11.6 Å². The number of aromatic nitrogens is 2. The fourth-order valence-electron chi connectivity index (χ4n) is 5.32. The van der Waals surface area contributed by atoms with Crippen LogP contribution in [0.2, 0.25) is 5.02 Å². The van der Waals surface area contributed by atoms with Gasteiger partial charge in [-0.1, -0.05) is 29.8 Å². The van der Waals surface area contributed by atoms with E-state index in [1.807, 2.05) is 13.0 Å². The summed E-state index contributed by atoms with van der Waals surface area (Å²) in [4.78, 5) is 52.1. The number of nitrogens with one attached hydrogen (secondary N) is 1. The molecule has 0 bridgehead atoms. The molecular weight excluding hydrogens is 545 g/mol. The van der Waals surface area contributed by atoms with Gasteiger partial charge in [-0.25, -0.2) is 9.37 Å². The third kappa shape index (κ3) is 5.16. The zero-order chi connectivity index (χ0) is 28.7. The molecule has 2 aliphatic rings. The van der Waals surface area contributed by atoms with Crippen molar-refractivity contribution in [2.24, 2.45) is 0 Å². The number of halogens is 2. The molecule has 3 amide bonds. The van der Waals surface area contributed by atoms with Crippen molar-refractivity contribution in [3.8, 4) is 0 Å². The number of aryl methyl sites for hydroxylation is 1.